The van der Waals surface area contributed by atoms with Crippen LogP contribution in [0, 0.1) is 41.5 Å². The Kier molecular flexibility index (Phi) is 13.4. The normalized spacial score (nSPS) is 12.4. The van der Waals surface area contributed by atoms with Crippen LogP contribution in [0.1, 0.15) is 157 Å². The lowest BCUT2D eigenvalue weighted by atomic mass is 9.80. The molecule has 4 aromatic carbocycles. The van der Waals surface area contributed by atoms with Crippen LogP contribution in [-0.2, 0) is 15.6 Å². The van der Waals surface area contributed by atoms with Crippen LogP contribution in [-0.4, -0.2) is 11.8 Å². The van der Waals surface area contributed by atoms with E-state index in [4.69, 9.17) is 23.0 Å². The molecule has 7 heteroatoms. The van der Waals surface area contributed by atoms with E-state index in [2.05, 4.69) is 159 Å². The number of carbonyl (C=O) groups excluding carboxylic acids is 1. The molecule has 304 valence electrons. The third-order valence-electron chi connectivity index (χ3n) is 9.96. The Labute approximate surface area is 339 Å². The molecule has 0 radical (unpaired) electrons. The predicted molar refractivity (Wildman–Crippen MR) is 234 cm³/mol. The molecule has 0 heterocycles. The standard InChI is InChI=1S/C49H67O6P/c1-28(2)36-24-32(7)34(9)26-42(36)53-56(54-43-27-35(10)33(8)25-37(43)29(3)4)55-45-39(21-31(6)23-41(45)48(14,15)16)38-20-30(5)22-40(47(11,12)13)44(38)51-46(50)52-49(17,18)19/h20-29H,1-19H3. The number of hydrogen-bond acceptors (Lipinski definition) is 6. The second kappa shape index (κ2) is 16.8. The second-order valence-corrected chi connectivity index (χ2v) is 20.2. The van der Waals surface area contributed by atoms with Crippen molar-refractivity contribution in [2.75, 3.05) is 0 Å². The monoisotopic (exact) mass is 782 g/mol. The van der Waals surface area contributed by atoms with Gasteiger partial charge in [-0.3, -0.25) is 0 Å². The van der Waals surface area contributed by atoms with Crippen molar-refractivity contribution in [1.82, 2.24) is 0 Å². The van der Waals surface area contributed by atoms with E-state index in [-0.39, 0.29) is 22.7 Å². The van der Waals surface area contributed by atoms with Crippen LogP contribution in [0.15, 0.2) is 48.5 Å². The van der Waals surface area contributed by atoms with Crippen molar-refractivity contribution in [2.24, 2.45) is 0 Å². The quantitative estimate of drug-likeness (QED) is 0.0907. The van der Waals surface area contributed by atoms with Gasteiger partial charge in [-0.2, -0.15) is 0 Å². The van der Waals surface area contributed by atoms with Gasteiger partial charge < -0.3 is 23.0 Å². The Hall–Kier alpha value is -4.02. The van der Waals surface area contributed by atoms with E-state index in [1.165, 1.54) is 11.1 Å². The summed E-state index contributed by atoms with van der Waals surface area (Å²) >= 11 is 0. The van der Waals surface area contributed by atoms with Crippen LogP contribution < -0.4 is 18.3 Å². The van der Waals surface area contributed by atoms with Gasteiger partial charge >= 0.3 is 14.8 Å². The van der Waals surface area contributed by atoms with Crippen molar-refractivity contribution in [2.45, 2.75) is 160 Å². The fourth-order valence-corrected chi connectivity index (χ4v) is 7.69. The summed E-state index contributed by atoms with van der Waals surface area (Å²) in [6, 6.07) is 17.0. The minimum atomic E-state index is -2.11. The number of benzene rings is 4. The van der Waals surface area contributed by atoms with Gasteiger partial charge in [-0.1, -0.05) is 93.5 Å². The fraction of sp³-hybridized carbons (Fsp3) is 0.490. The third kappa shape index (κ3) is 10.9. The maximum Gasteiger partial charge on any atom is 0.530 e. The molecule has 0 saturated heterocycles. The molecule has 0 N–H and O–H groups in total. The van der Waals surface area contributed by atoms with Gasteiger partial charge in [0.1, 0.15) is 28.6 Å². The number of rotatable bonds is 10. The van der Waals surface area contributed by atoms with E-state index in [0.717, 1.165) is 67.1 Å². The van der Waals surface area contributed by atoms with Crippen LogP contribution >= 0.6 is 8.60 Å². The van der Waals surface area contributed by atoms with E-state index < -0.39 is 20.4 Å². The molecular weight excluding hydrogens is 716 g/mol. The molecule has 0 atom stereocenters. The number of hydrogen-bond donors (Lipinski definition) is 0. The highest BCUT2D eigenvalue weighted by molar-refractivity contribution is 7.43. The van der Waals surface area contributed by atoms with Crippen molar-refractivity contribution in [1.29, 1.82) is 0 Å². The zero-order chi connectivity index (χ0) is 42.2. The molecule has 0 aliphatic carbocycles. The smallest absolute Gasteiger partial charge is 0.428 e. The highest BCUT2D eigenvalue weighted by atomic mass is 31.2. The number of aryl methyl sites for hydroxylation is 6. The van der Waals surface area contributed by atoms with Crippen molar-refractivity contribution in [3.8, 4) is 34.1 Å². The third-order valence-corrected chi connectivity index (χ3v) is 11.0. The van der Waals surface area contributed by atoms with E-state index in [0.29, 0.717) is 11.5 Å². The molecule has 0 aliphatic heterocycles. The Morgan fingerprint density at radius 1 is 0.518 bits per heavy atom. The average Bonchev–Trinajstić information content (AvgIpc) is 3.03. The van der Waals surface area contributed by atoms with Crippen LogP contribution in [0.3, 0.4) is 0 Å². The summed E-state index contributed by atoms with van der Waals surface area (Å²) in [5.41, 5.74) is 10.8. The highest BCUT2D eigenvalue weighted by Gasteiger charge is 2.34. The first-order valence-electron chi connectivity index (χ1n) is 19.9. The van der Waals surface area contributed by atoms with Crippen LogP contribution in [0.4, 0.5) is 4.79 Å². The molecule has 0 bridgehead atoms. The van der Waals surface area contributed by atoms with Crippen molar-refractivity contribution in [3.05, 3.63) is 104 Å². The zero-order valence-electron chi connectivity index (χ0n) is 37.7. The highest BCUT2D eigenvalue weighted by Crippen LogP contribution is 2.53. The molecule has 0 aromatic heterocycles. The molecule has 4 aromatic rings. The van der Waals surface area contributed by atoms with Crippen molar-refractivity contribution in [3.63, 3.8) is 0 Å². The molecule has 0 amide bonds. The molecule has 0 unspecified atom stereocenters. The largest absolute Gasteiger partial charge is 0.530 e. The zero-order valence-corrected chi connectivity index (χ0v) is 38.6. The molecule has 0 saturated carbocycles. The van der Waals surface area contributed by atoms with Gasteiger partial charge in [0.25, 0.3) is 0 Å². The summed E-state index contributed by atoms with van der Waals surface area (Å²) in [6.45, 7) is 39.7. The summed E-state index contributed by atoms with van der Waals surface area (Å²) in [7, 11) is -2.11. The first-order chi connectivity index (χ1) is 25.7. The summed E-state index contributed by atoms with van der Waals surface area (Å²) < 4.78 is 33.3. The average molecular weight is 783 g/mol. The lowest BCUT2D eigenvalue weighted by Gasteiger charge is -2.30. The van der Waals surface area contributed by atoms with Gasteiger partial charge in [-0.15, -0.1) is 0 Å². The summed E-state index contributed by atoms with van der Waals surface area (Å²) in [5.74, 6) is 2.91. The Morgan fingerprint density at radius 3 is 1.27 bits per heavy atom. The van der Waals surface area contributed by atoms with Gasteiger partial charge in [0, 0.05) is 22.3 Å². The predicted octanol–water partition coefficient (Wildman–Crippen LogP) is 15.1. The van der Waals surface area contributed by atoms with Gasteiger partial charge in [-0.25, -0.2) is 4.79 Å². The van der Waals surface area contributed by atoms with E-state index in [9.17, 15) is 4.79 Å². The Balaban J connectivity index is 2.09. The van der Waals surface area contributed by atoms with E-state index >= 15 is 0 Å². The molecule has 0 aliphatic rings. The van der Waals surface area contributed by atoms with Gasteiger partial charge in [0.2, 0.25) is 0 Å². The summed E-state index contributed by atoms with van der Waals surface area (Å²) in [5, 5.41) is 0. The van der Waals surface area contributed by atoms with Crippen molar-refractivity contribution >= 4 is 14.8 Å². The van der Waals surface area contributed by atoms with Crippen LogP contribution in [0.5, 0.6) is 23.0 Å². The minimum absolute atomic E-state index is 0.199. The first kappa shape index (κ1) is 44.7. The SMILES string of the molecule is Cc1cc(-c2cc(C)cc(C(C)(C)C)c2OP(Oc2cc(C)c(C)cc2C(C)C)Oc2cc(C)c(C)cc2C(C)C)c(OC(=O)OC(C)(C)C)c(C(C)(C)C)c1. The Morgan fingerprint density at radius 2 is 0.893 bits per heavy atom. The number of carbonyl (C=O) groups is 1. The van der Waals surface area contributed by atoms with E-state index in [1.54, 1.807) is 0 Å². The summed E-state index contributed by atoms with van der Waals surface area (Å²) in [4.78, 5) is 13.5. The minimum Gasteiger partial charge on any atom is -0.428 e. The van der Waals surface area contributed by atoms with Gasteiger partial charge in [0.05, 0.1) is 0 Å². The molecular formula is C49H67O6P. The lowest BCUT2D eigenvalue weighted by Crippen LogP contribution is -2.27. The van der Waals surface area contributed by atoms with Crippen LogP contribution in [0.2, 0.25) is 0 Å². The fourth-order valence-electron chi connectivity index (χ4n) is 6.60. The maximum absolute atomic E-state index is 13.5. The van der Waals surface area contributed by atoms with Crippen LogP contribution in [0.25, 0.3) is 11.1 Å². The molecule has 0 spiro atoms. The molecule has 0 fully saturated rings. The Bertz CT molecular complexity index is 2010. The number of ether oxygens (including phenoxy) is 2. The van der Waals surface area contributed by atoms with Gasteiger partial charge in [0.15, 0.2) is 0 Å². The second-order valence-electron chi connectivity index (χ2n) is 19.2. The maximum atomic E-state index is 13.5. The molecule has 56 heavy (non-hydrogen) atoms. The van der Waals surface area contributed by atoms with Crippen molar-refractivity contribution < 1.29 is 27.8 Å². The molecule has 6 nitrogen and oxygen atoms in total. The topological polar surface area (TPSA) is 63.2 Å². The van der Waals surface area contributed by atoms with Gasteiger partial charge in [-0.05, 0) is 154 Å². The lowest BCUT2D eigenvalue weighted by molar-refractivity contribution is 0.0204. The first-order valence-corrected chi connectivity index (χ1v) is 21.0. The van der Waals surface area contributed by atoms with E-state index in [1.807, 2.05) is 20.8 Å². The summed E-state index contributed by atoms with van der Waals surface area (Å²) in [6.07, 6.45) is -0.764. The molecule has 4 rings (SSSR count).